The van der Waals surface area contributed by atoms with Gasteiger partial charge in [0.1, 0.15) is 0 Å². The number of hydrogen-bond acceptors (Lipinski definition) is 5. The van der Waals surface area contributed by atoms with Crippen molar-refractivity contribution in [1.82, 2.24) is 24.8 Å². The van der Waals surface area contributed by atoms with Crippen LogP contribution in [0.5, 0.6) is 0 Å². The molecular formula is C21H23N5OS. The van der Waals surface area contributed by atoms with Crippen LogP contribution >= 0.6 is 11.3 Å². The minimum absolute atomic E-state index is 0.0144. The van der Waals surface area contributed by atoms with Gasteiger partial charge >= 0.3 is 0 Å². The normalized spacial score (nSPS) is 18.2. The third kappa shape index (κ3) is 3.36. The maximum Gasteiger partial charge on any atom is 0.276 e. The van der Waals surface area contributed by atoms with Crippen molar-refractivity contribution >= 4 is 17.2 Å². The molecule has 28 heavy (non-hydrogen) atoms. The lowest BCUT2D eigenvalue weighted by atomic mass is 9.99. The number of rotatable bonds is 3. The van der Waals surface area contributed by atoms with Crippen LogP contribution in [-0.2, 0) is 13.0 Å². The molecule has 1 saturated heterocycles. The first-order valence-corrected chi connectivity index (χ1v) is 10.7. The van der Waals surface area contributed by atoms with Crippen molar-refractivity contribution in [2.45, 2.75) is 31.8 Å². The zero-order chi connectivity index (χ0) is 18.9. The number of para-hydroxylation sites is 1. The van der Waals surface area contributed by atoms with Gasteiger partial charge in [-0.2, -0.15) is 9.90 Å². The van der Waals surface area contributed by atoms with Crippen LogP contribution in [0, 0.1) is 0 Å². The Labute approximate surface area is 168 Å². The highest BCUT2D eigenvalue weighted by Crippen LogP contribution is 2.28. The van der Waals surface area contributed by atoms with Crippen molar-refractivity contribution in [3.8, 4) is 5.69 Å². The van der Waals surface area contributed by atoms with Crippen molar-refractivity contribution in [1.29, 1.82) is 0 Å². The summed E-state index contributed by atoms with van der Waals surface area (Å²) >= 11 is 1.88. The van der Waals surface area contributed by atoms with E-state index in [1.54, 1.807) is 11.1 Å². The fraction of sp³-hybridized carbons (Fsp3) is 0.381. The smallest absolute Gasteiger partial charge is 0.276 e. The molecule has 2 aliphatic heterocycles. The summed E-state index contributed by atoms with van der Waals surface area (Å²) in [4.78, 5) is 20.4. The summed E-state index contributed by atoms with van der Waals surface area (Å²) < 4.78 is 0. The van der Waals surface area contributed by atoms with Crippen LogP contribution in [-0.4, -0.2) is 56.4 Å². The van der Waals surface area contributed by atoms with Gasteiger partial charge in [-0.1, -0.05) is 18.2 Å². The fourth-order valence-electron chi connectivity index (χ4n) is 4.22. The maximum atomic E-state index is 12.9. The molecule has 6 nitrogen and oxygen atoms in total. The third-order valence-electron chi connectivity index (χ3n) is 5.80. The van der Waals surface area contributed by atoms with E-state index in [1.807, 2.05) is 46.6 Å². The number of carbonyl (C=O) groups excluding carboxylic acids is 1. The van der Waals surface area contributed by atoms with Gasteiger partial charge in [-0.05, 0) is 48.4 Å². The average molecular weight is 394 g/mol. The standard InChI is InChI=1S/C21H23N5OS/c27-21(19-14-22-26(23-19)18-4-2-1-3-5-18)24-10-6-17(7-11-24)25-12-8-20-16(15-25)9-13-28-20/h1-5,9,13-14,17H,6-8,10-12,15H2. The Bertz CT molecular complexity index is 958. The number of likely N-dealkylation sites (tertiary alicyclic amines) is 1. The Balaban J connectivity index is 1.20. The van der Waals surface area contributed by atoms with Crippen molar-refractivity contribution in [3.05, 3.63) is 64.1 Å². The number of benzene rings is 1. The van der Waals surface area contributed by atoms with Crippen LogP contribution in [0.4, 0.5) is 0 Å². The molecule has 0 bridgehead atoms. The molecule has 4 heterocycles. The molecule has 1 aromatic carbocycles. The molecule has 0 spiro atoms. The van der Waals surface area contributed by atoms with E-state index >= 15 is 0 Å². The Kier molecular flexibility index (Phi) is 4.70. The van der Waals surface area contributed by atoms with Crippen LogP contribution in [0.25, 0.3) is 5.69 Å². The first-order valence-electron chi connectivity index (χ1n) is 9.84. The highest BCUT2D eigenvalue weighted by Gasteiger charge is 2.30. The maximum absolute atomic E-state index is 12.9. The summed E-state index contributed by atoms with van der Waals surface area (Å²) in [6, 6.07) is 12.5. The van der Waals surface area contributed by atoms with E-state index in [0.29, 0.717) is 11.7 Å². The summed E-state index contributed by atoms with van der Waals surface area (Å²) in [6.07, 6.45) is 4.79. The first-order chi connectivity index (χ1) is 13.8. The lowest BCUT2D eigenvalue weighted by molar-refractivity contribution is 0.0595. The second kappa shape index (κ2) is 7.48. The van der Waals surface area contributed by atoms with Crippen LogP contribution in [0.1, 0.15) is 33.8 Å². The number of nitrogens with zero attached hydrogens (tertiary/aromatic N) is 5. The Morgan fingerprint density at radius 3 is 2.71 bits per heavy atom. The summed E-state index contributed by atoms with van der Waals surface area (Å²) in [5.41, 5.74) is 2.77. The van der Waals surface area contributed by atoms with Crippen LogP contribution in [0.15, 0.2) is 48.0 Å². The first kappa shape index (κ1) is 17.6. The predicted octanol–water partition coefficient (Wildman–Crippen LogP) is 2.99. The highest BCUT2D eigenvalue weighted by atomic mass is 32.1. The summed E-state index contributed by atoms with van der Waals surface area (Å²) in [6.45, 7) is 3.77. The van der Waals surface area contributed by atoms with E-state index in [0.717, 1.165) is 51.1 Å². The minimum atomic E-state index is -0.0144. The molecule has 0 saturated carbocycles. The molecule has 1 amide bonds. The third-order valence-corrected chi connectivity index (χ3v) is 6.83. The molecule has 0 aliphatic carbocycles. The molecule has 2 aliphatic rings. The molecule has 5 rings (SSSR count). The van der Waals surface area contributed by atoms with Crippen molar-refractivity contribution in [2.75, 3.05) is 19.6 Å². The predicted molar refractivity (Wildman–Crippen MR) is 109 cm³/mol. The second-order valence-corrected chi connectivity index (χ2v) is 8.47. The van der Waals surface area contributed by atoms with E-state index < -0.39 is 0 Å². The van der Waals surface area contributed by atoms with E-state index in [2.05, 4.69) is 26.5 Å². The molecular weight excluding hydrogens is 370 g/mol. The highest BCUT2D eigenvalue weighted by molar-refractivity contribution is 7.10. The number of thiophene rings is 1. The zero-order valence-corrected chi connectivity index (χ0v) is 16.5. The topological polar surface area (TPSA) is 54.3 Å². The van der Waals surface area contributed by atoms with Gasteiger partial charge in [0.25, 0.3) is 5.91 Å². The summed E-state index contributed by atoms with van der Waals surface area (Å²) in [7, 11) is 0. The lowest BCUT2D eigenvalue weighted by Gasteiger charge is -2.40. The van der Waals surface area contributed by atoms with Gasteiger partial charge in [0, 0.05) is 37.1 Å². The number of piperidine rings is 1. The molecule has 0 radical (unpaired) electrons. The van der Waals surface area contributed by atoms with Crippen LogP contribution < -0.4 is 0 Å². The van der Waals surface area contributed by atoms with Gasteiger partial charge in [0.2, 0.25) is 0 Å². The molecule has 0 unspecified atom stereocenters. The Morgan fingerprint density at radius 2 is 1.89 bits per heavy atom. The van der Waals surface area contributed by atoms with Gasteiger partial charge in [-0.15, -0.1) is 16.4 Å². The second-order valence-electron chi connectivity index (χ2n) is 7.47. The molecule has 2 aromatic heterocycles. The summed E-state index contributed by atoms with van der Waals surface area (Å²) in [5, 5.41) is 10.9. The average Bonchev–Trinajstić information content (AvgIpc) is 3.43. The lowest BCUT2D eigenvalue weighted by Crippen LogP contribution is -2.48. The van der Waals surface area contributed by atoms with Crippen LogP contribution in [0.3, 0.4) is 0 Å². The molecule has 1 fully saturated rings. The van der Waals surface area contributed by atoms with Crippen molar-refractivity contribution in [2.24, 2.45) is 0 Å². The van der Waals surface area contributed by atoms with Gasteiger partial charge in [-0.25, -0.2) is 0 Å². The Hall–Kier alpha value is -2.51. The van der Waals surface area contributed by atoms with E-state index in [4.69, 9.17) is 0 Å². The van der Waals surface area contributed by atoms with Gasteiger partial charge in [0.05, 0.1) is 11.9 Å². The van der Waals surface area contributed by atoms with Gasteiger partial charge in [0.15, 0.2) is 5.69 Å². The molecule has 144 valence electrons. The van der Waals surface area contributed by atoms with Gasteiger partial charge in [-0.3, -0.25) is 9.69 Å². The number of amides is 1. The molecule has 0 atom stereocenters. The van der Waals surface area contributed by atoms with E-state index in [1.165, 1.54) is 10.4 Å². The van der Waals surface area contributed by atoms with Crippen molar-refractivity contribution in [3.63, 3.8) is 0 Å². The number of hydrogen-bond donors (Lipinski definition) is 0. The SMILES string of the molecule is O=C(c1cnn(-c2ccccc2)n1)N1CCC(N2CCc3sccc3C2)CC1. The van der Waals surface area contributed by atoms with E-state index in [9.17, 15) is 4.79 Å². The number of aromatic nitrogens is 3. The van der Waals surface area contributed by atoms with Gasteiger partial charge < -0.3 is 4.90 Å². The van der Waals surface area contributed by atoms with Crippen LogP contribution in [0.2, 0.25) is 0 Å². The summed E-state index contributed by atoms with van der Waals surface area (Å²) in [5.74, 6) is -0.0144. The largest absolute Gasteiger partial charge is 0.337 e. The van der Waals surface area contributed by atoms with E-state index in [-0.39, 0.29) is 5.91 Å². The minimum Gasteiger partial charge on any atom is -0.337 e. The number of fused-ring (bicyclic) bond motifs is 1. The van der Waals surface area contributed by atoms with Crippen molar-refractivity contribution < 1.29 is 4.79 Å². The molecule has 7 heteroatoms. The monoisotopic (exact) mass is 393 g/mol. The molecule has 3 aromatic rings. The molecule has 0 N–H and O–H groups in total. The quantitative estimate of drug-likeness (QED) is 0.686. The fourth-order valence-corrected chi connectivity index (χ4v) is 5.11. The Morgan fingerprint density at radius 1 is 1.07 bits per heavy atom. The zero-order valence-electron chi connectivity index (χ0n) is 15.7. The number of carbonyl (C=O) groups is 1.